The Morgan fingerprint density at radius 2 is 2.00 bits per heavy atom. The van der Waals surface area contributed by atoms with E-state index in [2.05, 4.69) is 36.1 Å². The molecule has 0 aliphatic carbocycles. The van der Waals surface area contributed by atoms with Crippen LogP contribution >= 0.6 is 0 Å². The fourth-order valence-corrected chi connectivity index (χ4v) is 3.97. The summed E-state index contributed by atoms with van der Waals surface area (Å²) in [5.41, 5.74) is 8.67. The molecule has 1 amide bonds. The number of carbonyl (C=O) groups excluding carboxylic acids is 1. The topological polar surface area (TPSA) is 77.0 Å². The highest BCUT2D eigenvalue weighted by molar-refractivity contribution is 5.97. The molecule has 1 aliphatic heterocycles. The molecule has 0 radical (unpaired) electrons. The molecule has 2 N–H and O–H groups in total. The smallest absolute Gasteiger partial charge is 0.255 e. The van der Waals surface area contributed by atoms with Crippen molar-refractivity contribution in [3.8, 4) is 0 Å². The normalized spacial score (nSPS) is 19.9. The van der Waals surface area contributed by atoms with Crippen molar-refractivity contribution in [2.45, 2.75) is 25.8 Å². The van der Waals surface area contributed by atoms with E-state index in [1.165, 1.54) is 5.56 Å². The zero-order chi connectivity index (χ0) is 19.0. The summed E-state index contributed by atoms with van der Waals surface area (Å²) in [6.45, 7) is 6.07. The summed E-state index contributed by atoms with van der Waals surface area (Å²) in [5, 5.41) is 5.27. The third-order valence-corrected chi connectivity index (χ3v) is 5.43. The molecule has 2 atom stereocenters. The van der Waals surface area contributed by atoms with Crippen molar-refractivity contribution in [3.05, 3.63) is 59.9 Å². The van der Waals surface area contributed by atoms with E-state index in [0.29, 0.717) is 25.2 Å². The van der Waals surface area contributed by atoms with E-state index < -0.39 is 0 Å². The maximum atomic E-state index is 13.1. The van der Waals surface area contributed by atoms with Gasteiger partial charge < -0.3 is 10.6 Å². The molecule has 1 fully saturated rings. The van der Waals surface area contributed by atoms with Gasteiger partial charge in [-0.2, -0.15) is 5.10 Å². The predicted molar refractivity (Wildman–Crippen MR) is 106 cm³/mol. The van der Waals surface area contributed by atoms with Crippen LogP contribution in [0, 0.1) is 5.92 Å². The van der Waals surface area contributed by atoms with Crippen molar-refractivity contribution < 1.29 is 4.79 Å². The molecule has 0 saturated carbocycles. The van der Waals surface area contributed by atoms with Crippen molar-refractivity contribution in [2.24, 2.45) is 11.7 Å². The average molecular weight is 363 g/mol. The highest BCUT2D eigenvalue weighted by Crippen LogP contribution is 2.33. The molecule has 0 unspecified atom stereocenters. The number of pyridine rings is 1. The first kappa shape index (κ1) is 17.7. The molecule has 3 aromatic rings. The highest BCUT2D eigenvalue weighted by Gasteiger charge is 2.35. The largest absolute Gasteiger partial charge is 0.338 e. The van der Waals surface area contributed by atoms with Gasteiger partial charge in [-0.25, -0.2) is 9.67 Å². The van der Waals surface area contributed by atoms with Crippen LogP contribution in [-0.4, -0.2) is 45.2 Å². The van der Waals surface area contributed by atoms with E-state index in [0.717, 1.165) is 11.0 Å². The van der Waals surface area contributed by atoms with Crippen LogP contribution < -0.4 is 5.73 Å². The lowest BCUT2D eigenvalue weighted by Crippen LogP contribution is -2.29. The minimum Gasteiger partial charge on any atom is -0.338 e. The Balaban J connectivity index is 1.58. The van der Waals surface area contributed by atoms with E-state index in [-0.39, 0.29) is 23.8 Å². The van der Waals surface area contributed by atoms with Crippen LogP contribution in [0.3, 0.4) is 0 Å². The monoisotopic (exact) mass is 363 g/mol. The minimum atomic E-state index is 0.0126. The molecular formula is C21H25N5O. The Bertz CT molecular complexity index is 950. The number of likely N-dealkylation sites (tertiary alicyclic amines) is 1. The molecular weight excluding hydrogens is 338 g/mol. The van der Waals surface area contributed by atoms with Gasteiger partial charge in [0.1, 0.15) is 0 Å². The zero-order valence-electron chi connectivity index (χ0n) is 15.7. The number of aromatic nitrogens is 3. The second-order valence-corrected chi connectivity index (χ2v) is 7.54. The van der Waals surface area contributed by atoms with Crippen LogP contribution in [0.5, 0.6) is 0 Å². The Kier molecular flexibility index (Phi) is 4.66. The summed E-state index contributed by atoms with van der Waals surface area (Å²) >= 11 is 0. The Morgan fingerprint density at radius 1 is 1.22 bits per heavy atom. The number of carbonyl (C=O) groups is 1. The van der Waals surface area contributed by atoms with Crippen LogP contribution in [0.25, 0.3) is 11.0 Å². The fourth-order valence-electron chi connectivity index (χ4n) is 3.97. The third-order valence-electron chi connectivity index (χ3n) is 5.43. The molecule has 4 rings (SSSR count). The van der Waals surface area contributed by atoms with E-state index in [9.17, 15) is 4.79 Å². The van der Waals surface area contributed by atoms with Crippen LogP contribution in [-0.2, 0) is 0 Å². The summed E-state index contributed by atoms with van der Waals surface area (Å²) in [7, 11) is 0. The van der Waals surface area contributed by atoms with Gasteiger partial charge in [-0.15, -0.1) is 0 Å². The van der Waals surface area contributed by atoms with Gasteiger partial charge in [0.05, 0.1) is 11.8 Å². The summed E-state index contributed by atoms with van der Waals surface area (Å²) in [6.07, 6.45) is 3.44. The summed E-state index contributed by atoms with van der Waals surface area (Å²) in [4.78, 5) is 19.5. The van der Waals surface area contributed by atoms with E-state index in [4.69, 9.17) is 5.73 Å². The number of fused-ring (bicyclic) bond motifs is 1. The first-order chi connectivity index (χ1) is 13.1. The minimum absolute atomic E-state index is 0.0126. The van der Waals surface area contributed by atoms with Crippen LogP contribution in [0.2, 0.25) is 0 Å². The molecule has 0 bridgehead atoms. The Labute approximate surface area is 159 Å². The van der Waals surface area contributed by atoms with Gasteiger partial charge in [0, 0.05) is 36.6 Å². The Hall–Kier alpha value is -2.73. The predicted octanol–water partition coefficient (Wildman–Crippen LogP) is 2.83. The van der Waals surface area contributed by atoms with Gasteiger partial charge in [0.25, 0.3) is 5.91 Å². The molecule has 0 spiro atoms. The van der Waals surface area contributed by atoms with Gasteiger partial charge >= 0.3 is 0 Å². The summed E-state index contributed by atoms with van der Waals surface area (Å²) in [5.74, 6) is 0.566. The number of nitrogens with two attached hydrogens (primary N) is 1. The molecule has 6 nitrogen and oxygen atoms in total. The van der Waals surface area contributed by atoms with E-state index in [1.54, 1.807) is 12.4 Å². The number of amides is 1. The lowest BCUT2D eigenvalue weighted by atomic mass is 9.89. The number of hydrogen-bond acceptors (Lipinski definition) is 4. The maximum Gasteiger partial charge on any atom is 0.255 e. The number of hydrogen-bond donors (Lipinski definition) is 1. The molecule has 6 heteroatoms. The summed E-state index contributed by atoms with van der Waals surface area (Å²) in [6, 6.07) is 12.5. The van der Waals surface area contributed by atoms with Crippen molar-refractivity contribution in [1.82, 2.24) is 19.7 Å². The third kappa shape index (κ3) is 3.21. The van der Waals surface area contributed by atoms with Crippen molar-refractivity contribution in [3.63, 3.8) is 0 Å². The van der Waals surface area contributed by atoms with Gasteiger partial charge in [-0.3, -0.25) is 4.79 Å². The molecule has 2 aromatic heterocycles. The van der Waals surface area contributed by atoms with Crippen molar-refractivity contribution >= 4 is 16.9 Å². The maximum absolute atomic E-state index is 13.1. The van der Waals surface area contributed by atoms with E-state index >= 15 is 0 Å². The first-order valence-electron chi connectivity index (χ1n) is 9.46. The Morgan fingerprint density at radius 3 is 2.70 bits per heavy atom. The molecule has 1 aromatic carbocycles. The van der Waals surface area contributed by atoms with Crippen LogP contribution in [0.4, 0.5) is 0 Å². The number of nitrogens with zero attached hydrogens (tertiary/aromatic N) is 4. The molecule has 1 saturated heterocycles. The summed E-state index contributed by atoms with van der Waals surface area (Å²) < 4.78 is 1.87. The molecule has 3 heterocycles. The lowest BCUT2D eigenvalue weighted by molar-refractivity contribution is 0.0786. The van der Waals surface area contributed by atoms with Crippen LogP contribution in [0.1, 0.15) is 41.7 Å². The van der Waals surface area contributed by atoms with Crippen LogP contribution in [0.15, 0.2) is 48.8 Å². The standard InChI is InChI=1S/C21H25N5O/c1-14(2)26-20-16(11-24-26)8-17(10-23-20)21(27)25-12-18(9-22)19(13-25)15-6-4-3-5-7-15/h3-8,10-11,14,18-19H,9,12-13,22H2,1-2H3/t18-,19+/m1/s1. The second kappa shape index (κ2) is 7.12. The number of rotatable bonds is 4. The van der Waals surface area contributed by atoms with E-state index in [1.807, 2.05) is 33.8 Å². The molecule has 27 heavy (non-hydrogen) atoms. The van der Waals surface area contributed by atoms with Crippen molar-refractivity contribution in [1.29, 1.82) is 0 Å². The van der Waals surface area contributed by atoms with Gasteiger partial charge in [-0.1, -0.05) is 30.3 Å². The molecule has 140 valence electrons. The van der Waals surface area contributed by atoms with Gasteiger partial charge in [-0.05, 0) is 37.9 Å². The number of benzene rings is 1. The van der Waals surface area contributed by atoms with Gasteiger partial charge in [0.2, 0.25) is 0 Å². The fraction of sp³-hybridized carbons (Fsp3) is 0.381. The average Bonchev–Trinajstić information content (AvgIpc) is 3.31. The van der Waals surface area contributed by atoms with Crippen molar-refractivity contribution in [2.75, 3.05) is 19.6 Å². The first-order valence-corrected chi connectivity index (χ1v) is 9.46. The quantitative estimate of drug-likeness (QED) is 0.773. The second-order valence-electron chi connectivity index (χ2n) is 7.54. The lowest BCUT2D eigenvalue weighted by Gasteiger charge is -2.17. The van der Waals surface area contributed by atoms with Gasteiger partial charge in [0.15, 0.2) is 5.65 Å². The zero-order valence-corrected chi connectivity index (χ0v) is 15.7. The SMILES string of the molecule is CC(C)n1ncc2cc(C(=O)N3C[C@@H](CN)[C@H](c4ccccc4)C3)cnc21. The highest BCUT2D eigenvalue weighted by atomic mass is 16.2. The molecule has 1 aliphatic rings.